The van der Waals surface area contributed by atoms with E-state index < -0.39 is 29.4 Å². The number of nitrogens with two attached hydrogens (primary N) is 2. The molecule has 2 aromatic rings. The first kappa shape index (κ1) is 14.8. The van der Waals surface area contributed by atoms with Crippen molar-refractivity contribution in [3.05, 3.63) is 30.4 Å². The molecule has 6 N–H and O–H groups in total. The Bertz CT molecular complexity index is 728. The summed E-state index contributed by atoms with van der Waals surface area (Å²) in [6.45, 7) is 0. The normalized spacial score (nSPS) is 10.6. The van der Waals surface area contributed by atoms with E-state index in [0.717, 1.165) is 10.9 Å². The molecule has 0 fully saturated rings. The lowest BCUT2D eigenvalue weighted by Gasteiger charge is -2.04. The zero-order chi connectivity index (χ0) is 16.1. The number of nitrogen functional groups attached to an aromatic ring is 2. The van der Waals surface area contributed by atoms with Crippen LogP contribution in [0.1, 0.15) is 10.5 Å². The molecule has 2 heterocycles. The molecular weight excluding hydrogens is 297 g/mol. The molecule has 0 aliphatic carbocycles. The second-order valence-electron chi connectivity index (χ2n) is 3.75. The molecule has 0 aromatic carbocycles. The van der Waals surface area contributed by atoms with Crippen LogP contribution in [0.3, 0.4) is 0 Å². The molecule has 0 spiro atoms. The molecule has 0 bridgehead atoms. The van der Waals surface area contributed by atoms with Gasteiger partial charge in [0.2, 0.25) is 0 Å². The van der Waals surface area contributed by atoms with Crippen molar-refractivity contribution in [2.75, 3.05) is 11.5 Å². The molecule has 22 heavy (non-hydrogen) atoms. The number of nitrogens with zero attached hydrogens (tertiary/aromatic N) is 5. The number of aromatic nitrogens is 4. The minimum atomic E-state index is -1.12. The lowest BCUT2D eigenvalue weighted by molar-refractivity contribution is 0.0973. The Labute approximate surface area is 122 Å². The van der Waals surface area contributed by atoms with Gasteiger partial charge in [-0.2, -0.15) is 9.49 Å². The third kappa shape index (κ3) is 3.30. The number of hydrazone groups is 1. The highest BCUT2D eigenvalue weighted by atomic mass is 19.1. The molecule has 2 aromatic heterocycles. The summed E-state index contributed by atoms with van der Waals surface area (Å²) >= 11 is 0. The zero-order valence-electron chi connectivity index (χ0n) is 10.9. The summed E-state index contributed by atoms with van der Waals surface area (Å²) < 4.78 is 14.3. The van der Waals surface area contributed by atoms with Gasteiger partial charge in [-0.05, 0) is 0 Å². The molecular formula is C10H10FN9O2. The van der Waals surface area contributed by atoms with Crippen LogP contribution in [0.15, 0.2) is 23.8 Å². The fourth-order valence-corrected chi connectivity index (χ4v) is 1.29. The van der Waals surface area contributed by atoms with E-state index in [1.807, 2.05) is 0 Å². The van der Waals surface area contributed by atoms with Gasteiger partial charge in [0.05, 0.1) is 0 Å². The van der Waals surface area contributed by atoms with E-state index in [1.165, 1.54) is 18.7 Å². The topological polar surface area (TPSA) is 166 Å². The molecule has 0 unspecified atom stereocenters. The van der Waals surface area contributed by atoms with Crippen molar-refractivity contribution in [2.24, 2.45) is 5.10 Å². The van der Waals surface area contributed by atoms with Crippen LogP contribution in [0.4, 0.5) is 20.8 Å². The summed E-state index contributed by atoms with van der Waals surface area (Å²) in [6, 6.07) is -0.596. The molecule has 0 radical (unpaired) electrons. The van der Waals surface area contributed by atoms with E-state index in [9.17, 15) is 14.0 Å². The number of hydrogen-bond acceptors (Lipinski definition) is 8. The number of halogens is 1. The van der Waals surface area contributed by atoms with Crippen molar-refractivity contribution in [2.45, 2.75) is 0 Å². The monoisotopic (exact) mass is 307 g/mol. The van der Waals surface area contributed by atoms with Gasteiger partial charge in [-0.1, -0.05) is 0 Å². The molecule has 0 atom stereocenters. The third-order valence-electron chi connectivity index (χ3n) is 2.28. The van der Waals surface area contributed by atoms with Crippen molar-refractivity contribution < 1.29 is 14.0 Å². The Balaban J connectivity index is 1.94. The van der Waals surface area contributed by atoms with Gasteiger partial charge in [-0.3, -0.25) is 9.36 Å². The molecule has 0 saturated carbocycles. The van der Waals surface area contributed by atoms with Crippen LogP contribution < -0.4 is 22.2 Å². The van der Waals surface area contributed by atoms with Gasteiger partial charge in [0.15, 0.2) is 17.3 Å². The first-order valence-corrected chi connectivity index (χ1v) is 5.68. The smallest absolute Gasteiger partial charge is 0.347 e. The van der Waals surface area contributed by atoms with Gasteiger partial charge in [-0.15, -0.1) is 0 Å². The van der Waals surface area contributed by atoms with Crippen LogP contribution in [0.25, 0.3) is 0 Å². The lowest BCUT2D eigenvalue weighted by Crippen LogP contribution is -2.28. The number of amides is 2. The largest absolute Gasteiger partial charge is 0.382 e. The molecule has 0 saturated heterocycles. The van der Waals surface area contributed by atoms with Crippen molar-refractivity contribution >= 4 is 29.9 Å². The lowest BCUT2D eigenvalue weighted by atomic mass is 10.4. The van der Waals surface area contributed by atoms with Crippen LogP contribution in [-0.4, -0.2) is 37.8 Å². The maximum atomic E-state index is 13.1. The average Bonchev–Trinajstić information content (AvgIpc) is 3.01. The van der Waals surface area contributed by atoms with E-state index in [1.54, 1.807) is 0 Å². The van der Waals surface area contributed by atoms with Crippen molar-refractivity contribution in [1.29, 1.82) is 0 Å². The summed E-state index contributed by atoms with van der Waals surface area (Å²) in [7, 11) is 0. The van der Waals surface area contributed by atoms with E-state index in [4.69, 9.17) is 11.5 Å². The number of imidazole rings is 1. The van der Waals surface area contributed by atoms with Gasteiger partial charge < -0.3 is 16.8 Å². The summed E-state index contributed by atoms with van der Waals surface area (Å²) in [5.41, 5.74) is 12.2. The van der Waals surface area contributed by atoms with Gasteiger partial charge in [0, 0.05) is 12.4 Å². The molecule has 2 rings (SSSR count). The second-order valence-corrected chi connectivity index (χ2v) is 3.75. The number of carbonyl (C=O) groups excluding carboxylic acids is 2. The van der Waals surface area contributed by atoms with Crippen molar-refractivity contribution in [1.82, 2.24) is 30.3 Å². The maximum absolute atomic E-state index is 13.1. The van der Waals surface area contributed by atoms with E-state index >= 15 is 0 Å². The Hall–Kier alpha value is -3.57. The van der Waals surface area contributed by atoms with E-state index in [-0.39, 0.29) is 5.82 Å². The van der Waals surface area contributed by atoms with Gasteiger partial charge in [0.25, 0.3) is 11.9 Å². The predicted octanol–water partition coefficient (Wildman–Crippen LogP) is -1.09. The highest BCUT2D eigenvalue weighted by Gasteiger charge is 2.15. The Kier molecular flexibility index (Phi) is 4.22. The van der Waals surface area contributed by atoms with Crippen LogP contribution in [0.5, 0.6) is 0 Å². The molecule has 11 nitrogen and oxygen atoms in total. The zero-order valence-corrected chi connectivity index (χ0v) is 10.9. The van der Waals surface area contributed by atoms with Crippen LogP contribution in [0, 0.1) is 5.95 Å². The molecule has 12 heteroatoms. The first-order valence-electron chi connectivity index (χ1n) is 5.68. The third-order valence-corrected chi connectivity index (χ3v) is 2.28. The summed E-state index contributed by atoms with van der Waals surface area (Å²) in [4.78, 5) is 33.5. The van der Waals surface area contributed by atoms with Gasteiger partial charge >= 0.3 is 6.03 Å². The fourth-order valence-electron chi connectivity index (χ4n) is 1.29. The summed E-state index contributed by atoms with van der Waals surface area (Å²) in [6.07, 6.45) is 4.93. The van der Waals surface area contributed by atoms with Crippen molar-refractivity contribution in [3.63, 3.8) is 0 Å². The standard InChI is InChI=1S/C10H10FN9O2/c11-6-8(13)18-7(12)5(17-6)9(21)15-3-16-19-10(22)20-2-1-14-4-20/h1-4H,(H,19,22)(H4,12,13,18)(H,15,16,21). The quantitative estimate of drug-likeness (QED) is 0.317. The van der Waals surface area contributed by atoms with Gasteiger partial charge in [-0.25, -0.2) is 25.2 Å². The Morgan fingerprint density at radius 3 is 2.77 bits per heavy atom. The van der Waals surface area contributed by atoms with Gasteiger partial charge in [0.1, 0.15) is 12.7 Å². The highest BCUT2D eigenvalue weighted by molar-refractivity contribution is 6.02. The Morgan fingerprint density at radius 2 is 2.09 bits per heavy atom. The van der Waals surface area contributed by atoms with Crippen LogP contribution >= 0.6 is 0 Å². The molecule has 2 amide bonds. The summed E-state index contributed by atoms with van der Waals surface area (Å²) in [5.74, 6) is -2.85. The number of rotatable bonds is 3. The minimum absolute atomic E-state index is 0.341. The second kappa shape index (κ2) is 6.25. The predicted molar refractivity (Wildman–Crippen MR) is 72.9 cm³/mol. The number of anilines is 2. The fraction of sp³-hybridized carbons (Fsp3) is 0. The SMILES string of the molecule is Nc1nc(N)c(C(=O)NC=NNC(=O)n2ccnc2)nc1F. The molecule has 0 aliphatic rings. The highest BCUT2D eigenvalue weighted by Crippen LogP contribution is 2.10. The number of carbonyl (C=O) groups is 2. The number of hydrogen-bond donors (Lipinski definition) is 4. The molecule has 0 aliphatic heterocycles. The van der Waals surface area contributed by atoms with E-state index in [0.29, 0.717) is 0 Å². The summed E-state index contributed by atoms with van der Waals surface area (Å²) in [5, 5.41) is 5.58. The molecule has 114 valence electrons. The van der Waals surface area contributed by atoms with E-state index in [2.05, 4.69) is 30.8 Å². The maximum Gasteiger partial charge on any atom is 0.347 e. The average molecular weight is 307 g/mol. The first-order chi connectivity index (χ1) is 10.5. The van der Waals surface area contributed by atoms with Crippen molar-refractivity contribution in [3.8, 4) is 0 Å². The Morgan fingerprint density at radius 1 is 1.32 bits per heavy atom. The minimum Gasteiger partial charge on any atom is -0.382 e. The van der Waals surface area contributed by atoms with Crippen LogP contribution in [0.2, 0.25) is 0 Å². The number of nitrogens with one attached hydrogen (secondary N) is 2. The van der Waals surface area contributed by atoms with Crippen LogP contribution in [-0.2, 0) is 0 Å².